The fraction of sp³-hybridized carbons (Fsp3) is 0.214. The summed E-state index contributed by atoms with van der Waals surface area (Å²) in [5.41, 5.74) is 0.568. The van der Waals surface area contributed by atoms with Gasteiger partial charge in [-0.15, -0.1) is 0 Å². The molecule has 2 aromatic heterocycles. The summed E-state index contributed by atoms with van der Waals surface area (Å²) >= 11 is 0. The van der Waals surface area contributed by atoms with E-state index in [4.69, 9.17) is 9.15 Å². The van der Waals surface area contributed by atoms with Crippen LogP contribution in [0, 0.1) is 0 Å². The smallest absolute Gasteiger partial charge is 0.287 e. The van der Waals surface area contributed by atoms with Crippen molar-refractivity contribution in [3.05, 3.63) is 42.4 Å². The molecule has 7 heteroatoms. The number of methoxy groups -OCH3 is 1. The number of carbonyl (C=O) groups is 1. The predicted molar refractivity (Wildman–Crippen MR) is 75.1 cm³/mol. The third kappa shape index (κ3) is 2.71. The minimum Gasteiger partial charge on any atom is -0.493 e. The standard InChI is InChI=1S/C14H14N4O3/c1-20-11-4-2-3-10-9-12(21-13(10)11)14(19)15-7-8-18-16-5-6-17-18/h2-6,9H,7-8H2,1H3,(H,15,19). The van der Waals surface area contributed by atoms with E-state index in [1.54, 1.807) is 31.6 Å². The number of fused-ring (bicyclic) bond motifs is 1. The number of para-hydroxylation sites is 1. The molecule has 0 spiro atoms. The van der Waals surface area contributed by atoms with Crippen molar-refractivity contribution in [2.45, 2.75) is 6.54 Å². The summed E-state index contributed by atoms with van der Waals surface area (Å²) in [6.45, 7) is 0.921. The second-order valence-electron chi connectivity index (χ2n) is 4.37. The lowest BCUT2D eigenvalue weighted by Gasteiger charge is -2.02. The van der Waals surface area contributed by atoms with Crippen molar-refractivity contribution in [3.63, 3.8) is 0 Å². The lowest BCUT2D eigenvalue weighted by Crippen LogP contribution is -2.27. The molecule has 0 saturated carbocycles. The van der Waals surface area contributed by atoms with E-state index in [1.165, 1.54) is 4.80 Å². The van der Waals surface area contributed by atoms with E-state index in [-0.39, 0.29) is 11.7 Å². The Balaban J connectivity index is 1.69. The molecule has 21 heavy (non-hydrogen) atoms. The average molecular weight is 286 g/mol. The second kappa shape index (κ2) is 5.66. The Labute approximate surface area is 120 Å². The second-order valence-corrected chi connectivity index (χ2v) is 4.37. The van der Waals surface area contributed by atoms with Gasteiger partial charge in [-0.1, -0.05) is 12.1 Å². The highest BCUT2D eigenvalue weighted by Crippen LogP contribution is 2.28. The molecule has 1 aromatic carbocycles. The Morgan fingerprint density at radius 1 is 1.38 bits per heavy atom. The third-order valence-corrected chi connectivity index (χ3v) is 3.02. The zero-order chi connectivity index (χ0) is 14.7. The molecule has 0 saturated heterocycles. The number of hydrogen-bond acceptors (Lipinski definition) is 5. The fourth-order valence-electron chi connectivity index (χ4n) is 2.02. The van der Waals surface area contributed by atoms with Crippen molar-refractivity contribution < 1.29 is 13.9 Å². The van der Waals surface area contributed by atoms with E-state index in [2.05, 4.69) is 15.5 Å². The number of amides is 1. The SMILES string of the molecule is COc1cccc2cc(C(=O)NCCn3nccn3)oc12. The highest BCUT2D eigenvalue weighted by Gasteiger charge is 2.14. The van der Waals surface area contributed by atoms with Gasteiger partial charge in [-0.25, -0.2) is 0 Å². The van der Waals surface area contributed by atoms with Gasteiger partial charge in [-0.05, 0) is 12.1 Å². The Bertz CT molecular complexity index is 749. The zero-order valence-electron chi connectivity index (χ0n) is 11.4. The predicted octanol–water partition coefficient (Wildman–Crippen LogP) is 1.46. The zero-order valence-corrected chi connectivity index (χ0v) is 11.4. The van der Waals surface area contributed by atoms with Gasteiger partial charge < -0.3 is 14.5 Å². The van der Waals surface area contributed by atoms with Crippen LogP contribution in [0.1, 0.15) is 10.6 Å². The molecule has 0 fully saturated rings. The van der Waals surface area contributed by atoms with E-state index >= 15 is 0 Å². The Morgan fingerprint density at radius 2 is 2.19 bits per heavy atom. The van der Waals surface area contributed by atoms with Gasteiger partial charge in [0.25, 0.3) is 5.91 Å². The summed E-state index contributed by atoms with van der Waals surface area (Å²) in [5, 5.41) is 11.5. The average Bonchev–Trinajstić information content (AvgIpc) is 3.15. The largest absolute Gasteiger partial charge is 0.493 e. The number of benzene rings is 1. The highest BCUT2D eigenvalue weighted by molar-refractivity contribution is 5.97. The molecular weight excluding hydrogens is 272 g/mol. The van der Waals surface area contributed by atoms with Crippen molar-refractivity contribution in [2.75, 3.05) is 13.7 Å². The lowest BCUT2D eigenvalue weighted by atomic mass is 10.2. The van der Waals surface area contributed by atoms with Crippen molar-refractivity contribution in [2.24, 2.45) is 0 Å². The molecule has 2 heterocycles. The van der Waals surface area contributed by atoms with Gasteiger partial charge >= 0.3 is 0 Å². The van der Waals surface area contributed by atoms with Gasteiger partial charge in [0, 0.05) is 11.9 Å². The third-order valence-electron chi connectivity index (χ3n) is 3.02. The van der Waals surface area contributed by atoms with E-state index in [0.717, 1.165) is 5.39 Å². The van der Waals surface area contributed by atoms with Crippen molar-refractivity contribution in [1.29, 1.82) is 0 Å². The van der Waals surface area contributed by atoms with Crippen LogP contribution in [-0.4, -0.2) is 34.6 Å². The van der Waals surface area contributed by atoms with Crippen LogP contribution in [0.25, 0.3) is 11.0 Å². The summed E-state index contributed by atoms with van der Waals surface area (Å²) in [6.07, 6.45) is 3.18. The van der Waals surface area contributed by atoms with E-state index in [9.17, 15) is 4.79 Å². The number of ether oxygens (including phenoxy) is 1. The van der Waals surface area contributed by atoms with Crippen LogP contribution in [0.4, 0.5) is 0 Å². The molecule has 0 unspecified atom stereocenters. The van der Waals surface area contributed by atoms with Crippen LogP contribution >= 0.6 is 0 Å². The first-order valence-electron chi connectivity index (χ1n) is 6.47. The van der Waals surface area contributed by atoms with Crippen LogP contribution in [0.15, 0.2) is 41.1 Å². The van der Waals surface area contributed by atoms with Crippen molar-refractivity contribution in [3.8, 4) is 5.75 Å². The van der Waals surface area contributed by atoms with E-state index < -0.39 is 0 Å². The minimum absolute atomic E-state index is 0.253. The molecule has 0 aliphatic carbocycles. The number of nitrogens with one attached hydrogen (secondary N) is 1. The molecular formula is C14H14N4O3. The maximum atomic E-state index is 12.0. The Hall–Kier alpha value is -2.83. The topological polar surface area (TPSA) is 82.2 Å². The van der Waals surface area contributed by atoms with Crippen molar-refractivity contribution >= 4 is 16.9 Å². The molecule has 0 radical (unpaired) electrons. The molecule has 0 atom stereocenters. The number of carbonyl (C=O) groups excluding carboxylic acids is 1. The number of furan rings is 1. The van der Waals surface area contributed by atoms with Crippen LogP contribution in [0.5, 0.6) is 5.75 Å². The Kier molecular flexibility index (Phi) is 3.55. The number of aromatic nitrogens is 3. The van der Waals surface area contributed by atoms with Crippen LogP contribution in [-0.2, 0) is 6.54 Å². The van der Waals surface area contributed by atoms with Gasteiger partial charge in [0.15, 0.2) is 17.1 Å². The molecule has 3 rings (SSSR count). The van der Waals surface area contributed by atoms with Gasteiger partial charge in [0.1, 0.15) is 0 Å². The highest BCUT2D eigenvalue weighted by atomic mass is 16.5. The van der Waals surface area contributed by atoms with Crippen LogP contribution in [0.3, 0.4) is 0 Å². The summed E-state index contributed by atoms with van der Waals surface area (Å²) in [4.78, 5) is 13.5. The van der Waals surface area contributed by atoms with Gasteiger partial charge in [-0.2, -0.15) is 15.0 Å². The summed E-state index contributed by atoms with van der Waals surface area (Å²) in [5.74, 6) is 0.579. The molecule has 0 aliphatic rings. The maximum absolute atomic E-state index is 12.0. The van der Waals surface area contributed by atoms with Crippen LogP contribution < -0.4 is 10.1 Å². The van der Waals surface area contributed by atoms with Crippen LogP contribution in [0.2, 0.25) is 0 Å². The van der Waals surface area contributed by atoms with Crippen molar-refractivity contribution in [1.82, 2.24) is 20.3 Å². The van der Waals surface area contributed by atoms with E-state index in [0.29, 0.717) is 24.4 Å². The molecule has 3 aromatic rings. The number of nitrogens with zero attached hydrogens (tertiary/aromatic N) is 3. The summed E-state index contributed by atoms with van der Waals surface area (Å²) in [7, 11) is 1.56. The molecule has 0 aliphatic heterocycles. The number of rotatable bonds is 5. The molecule has 1 N–H and O–H groups in total. The molecule has 1 amide bonds. The number of hydrogen-bond donors (Lipinski definition) is 1. The Morgan fingerprint density at radius 3 is 2.95 bits per heavy atom. The first kappa shape index (κ1) is 13.2. The first-order valence-corrected chi connectivity index (χ1v) is 6.47. The lowest BCUT2D eigenvalue weighted by molar-refractivity contribution is 0.0926. The van der Waals surface area contributed by atoms with Gasteiger partial charge in [0.2, 0.25) is 0 Å². The molecule has 7 nitrogen and oxygen atoms in total. The normalized spacial score (nSPS) is 10.7. The van der Waals surface area contributed by atoms with E-state index in [1.807, 2.05) is 12.1 Å². The maximum Gasteiger partial charge on any atom is 0.287 e. The van der Waals surface area contributed by atoms with Gasteiger partial charge in [-0.3, -0.25) is 4.79 Å². The fourth-order valence-corrected chi connectivity index (χ4v) is 2.02. The molecule has 108 valence electrons. The quantitative estimate of drug-likeness (QED) is 0.768. The summed E-state index contributed by atoms with van der Waals surface area (Å²) in [6, 6.07) is 7.20. The monoisotopic (exact) mass is 286 g/mol. The molecule has 0 bridgehead atoms. The minimum atomic E-state index is -0.277. The first-order chi connectivity index (χ1) is 10.3. The summed E-state index contributed by atoms with van der Waals surface area (Å²) < 4.78 is 10.8. The van der Waals surface area contributed by atoms with Gasteiger partial charge in [0.05, 0.1) is 26.0 Å².